The lowest BCUT2D eigenvalue weighted by molar-refractivity contribution is 0.101. The van der Waals surface area contributed by atoms with Crippen molar-refractivity contribution in [2.45, 2.75) is 97.6 Å². The van der Waals surface area contributed by atoms with E-state index in [-0.39, 0.29) is 12.1 Å². The quantitative estimate of drug-likeness (QED) is 0.504. The van der Waals surface area contributed by atoms with E-state index in [2.05, 4.69) is 18.8 Å². The average molecular weight is 280 g/mol. The third-order valence-corrected chi connectivity index (χ3v) is 4.85. The number of hydrogen-bond donors (Lipinski definition) is 0. The van der Waals surface area contributed by atoms with Crippen molar-refractivity contribution in [1.29, 1.82) is 0 Å². The van der Waals surface area contributed by atoms with E-state index in [0.717, 1.165) is 12.8 Å². The van der Waals surface area contributed by atoms with E-state index in [1.54, 1.807) is 0 Å². The van der Waals surface area contributed by atoms with Gasteiger partial charge in [0.15, 0.2) is 5.90 Å². The zero-order valence-electron chi connectivity index (χ0n) is 14.9. The number of aliphatic imine (C=N–C) groups is 1. The van der Waals surface area contributed by atoms with Gasteiger partial charge in [-0.05, 0) is 71.6 Å². The molecule has 0 aromatic carbocycles. The zero-order chi connectivity index (χ0) is 15.5. The Hall–Kier alpha value is -0.530. The first-order valence-corrected chi connectivity index (χ1v) is 8.60. The maximum absolute atomic E-state index is 8.91. The van der Waals surface area contributed by atoms with Crippen molar-refractivity contribution in [1.82, 2.24) is 0 Å². The molecule has 20 heavy (non-hydrogen) atoms. The summed E-state index contributed by atoms with van der Waals surface area (Å²) in [7, 11) is 0. The van der Waals surface area contributed by atoms with E-state index < -0.39 is 5.89 Å². The predicted molar refractivity (Wildman–Crippen MR) is 86.3 cm³/mol. The van der Waals surface area contributed by atoms with Crippen molar-refractivity contribution in [3.8, 4) is 0 Å². The molecule has 2 aliphatic rings. The van der Waals surface area contributed by atoms with Crippen molar-refractivity contribution < 1.29 is 6.11 Å². The maximum Gasteiger partial charge on any atom is 0.186 e. The molecule has 0 aliphatic heterocycles. The second kappa shape index (κ2) is 6.95. The fourth-order valence-corrected chi connectivity index (χ4v) is 3.76. The molecular weight excluding hydrogens is 246 g/mol. The highest BCUT2D eigenvalue weighted by molar-refractivity contribution is 5.79. The van der Waals surface area contributed by atoms with Crippen LogP contribution in [0.3, 0.4) is 0 Å². The first kappa shape index (κ1) is 14.4. The molecule has 0 heterocycles. The summed E-state index contributed by atoms with van der Waals surface area (Å²) < 4.78 is 14.9. The van der Waals surface area contributed by atoms with Crippen LogP contribution in [-0.2, 0) is 4.74 Å². The molecule has 1 spiro atoms. The first-order chi connectivity index (χ1) is 9.85. The second-order valence-corrected chi connectivity index (χ2v) is 7.36. The molecular formula is C18H33NO. The third-order valence-electron chi connectivity index (χ3n) is 4.85. The van der Waals surface area contributed by atoms with E-state index >= 15 is 0 Å². The fourth-order valence-electron chi connectivity index (χ4n) is 3.76. The topological polar surface area (TPSA) is 21.6 Å². The van der Waals surface area contributed by atoms with Crippen LogP contribution in [0, 0.1) is 11.3 Å². The molecule has 0 radical (unpaired) electrons. The van der Waals surface area contributed by atoms with Crippen LogP contribution in [0.15, 0.2) is 4.99 Å². The molecule has 2 saturated carbocycles. The van der Waals surface area contributed by atoms with Gasteiger partial charge in [0, 0.05) is 13.3 Å². The highest BCUT2D eigenvalue weighted by atomic mass is 16.5. The Morgan fingerprint density at radius 1 is 1.05 bits per heavy atom. The Balaban J connectivity index is 2.07. The molecule has 2 heteroatoms. The molecule has 2 fully saturated rings. The lowest BCUT2D eigenvalue weighted by Crippen LogP contribution is -2.34. The van der Waals surface area contributed by atoms with Gasteiger partial charge in [0.1, 0.15) is 0 Å². The summed E-state index contributed by atoms with van der Waals surface area (Å²) in [5, 5.41) is 0. The highest BCUT2D eigenvalue weighted by Gasteiger charge is 2.38. The minimum absolute atomic E-state index is 0.107. The van der Waals surface area contributed by atoms with Gasteiger partial charge in [-0.25, -0.2) is 0 Å². The van der Waals surface area contributed by atoms with E-state index in [1.807, 2.05) is 13.8 Å². The average Bonchev–Trinajstić information content (AvgIpc) is 2.42. The van der Waals surface area contributed by atoms with E-state index in [4.69, 9.17) is 6.11 Å². The van der Waals surface area contributed by atoms with E-state index in [9.17, 15) is 0 Å². The van der Waals surface area contributed by atoms with Gasteiger partial charge in [-0.2, -0.15) is 0 Å². The molecule has 0 bridgehead atoms. The van der Waals surface area contributed by atoms with Gasteiger partial charge >= 0.3 is 0 Å². The minimum atomic E-state index is -0.586. The molecule has 0 amide bonds. The Morgan fingerprint density at radius 2 is 1.65 bits per heavy atom. The van der Waals surface area contributed by atoms with Crippen LogP contribution in [0.4, 0.5) is 0 Å². The molecule has 2 aliphatic carbocycles. The summed E-state index contributed by atoms with van der Waals surface area (Å²) in [6.45, 7) is 8.20. The van der Waals surface area contributed by atoms with Crippen LogP contribution in [0.25, 0.3) is 0 Å². The minimum Gasteiger partial charge on any atom is -0.478 e. The number of hydrogen-bond acceptors (Lipinski definition) is 2. The second-order valence-electron chi connectivity index (χ2n) is 7.36. The van der Waals surface area contributed by atoms with Crippen LogP contribution in [0.1, 0.15) is 86.9 Å². The standard InChI is InChI=1S/C18H33NO/c1-14(2)19-17(20-15(3)4)16-8-12-18(13-9-16)10-6-5-7-11-18/h14-16H,5-13H2,1-4H3/i16D. The van der Waals surface area contributed by atoms with Gasteiger partial charge < -0.3 is 4.74 Å². The smallest absolute Gasteiger partial charge is 0.186 e. The molecule has 0 unspecified atom stereocenters. The third kappa shape index (κ3) is 4.23. The van der Waals surface area contributed by atoms with Crippen LogP contribution in [0.2, 0.25) is 0 Å². The number of ether oxygens (including phenoxy) is 1. The molecule has 0 aromatic heterocycles. The molecule has 0 N–H and O–H groups in total. The number of rotatable bonds is 3. The first-order valence-electron chi connectivity index (χ1n) is 9.10. The van der Waals surface area contributed by atoms with Gasteiger partial charge in [0.05, 0.1) is 6.10 Å². The summed E-state index contributed by atoms with van der Waals surface area (Å²) in [6.07, 6.45) is 11.3. The normalized spacial score (nSPS) is 26.9. The van der Waals surface area contributed by atoms with Crippen LogP contribution in [-0.4, -0.2) is 18.0 Å². The Kier molecular flexibility index (Phi) is 5.01. The van der Waals surface area contributed by atoms with E-state index in [0.29, 0.717) is 11.3 Å². The fraction of sp³-hybridized carbons (Fsp3) is 0.944. The molecule has 0 atom stereocenters. The van der Waals surface area contributed by atoms with Gasteiger partial charge in [0.25, 0.3) is 0 Å². The van der Waals surface area contributed by atoms with Gasteiger partial charge in [-0.1, -0.05) is 19.3 Å². The van der Waals surface area contributed by atoms with E-state index in [1.165, 1.54) is 44.9 Å². The van der Waals surface area contributed by atoms with Crippen molar-refractivity contribution in [2.24, 2.45) is 16.3 Å². The lowest BCUT2D eigenvalue weighted by Gasteiger charge is -2.43. The summed E-state index contributed by atoms with van der Waals surface area (Å²) in [5.41, 5.74) is 0.545. The van der Waals surface area contributed by atoms with Crippen LogP contribution >= 0.6 is 0 Å². The lowest BCUT2D eigenvalue weighted by atomic mass is 9.63. The maximum atomic E-state index is 8.91. The molecule has 2 rings (SSSR count). The number of nitrogens with zero attached hydrogens (tertiary/aromatic N) is 1. The summed E-state index contributed by atoms with van der Waals surface area (Å²) in [5.74, 6) is 0.107. The summed E-state index contributed by atoms with van der Waals surface area (Å²) in [4.78, 5) is 4.65. The zero-order valence-corrected chi connectivity index (χ0v) is 13.9. The van der Waals surface area contributed by atoms with Crippen molar-refractivity contribution >= 4 is 5.90 Å². The molecule has 116 valence electrons. The highest BCUT2D eigenvalue weighted by Crippen LogP contribution is 2.49. The molecule has 0 saturated heterocycles. The Labute approximate surface area is 126 Å². The Bertz CT molecular complexity index is 359. The predicted octanol–water partition coefficient (Wildman–Crippen LogP) is 5.36. The SMILES string of the molecule is [2H]C1(C(=NC(C)C)OC(C)C)CCC2(CCCCC2)CC1. The van der Waals surface area contributed by atoms with Crippen molar-refractivity contribution in [3.05, 3.63) is 0 Å². The largest absolute Gasteiger partial charge is 0.478 e. The van der Waals surface area contributed by atoms with Gasteiger partial charge in [-0.3, -0.25) is 4.99 Å². The van der Waals surface area contributed by atoms with Gasteiger partial charge in [0.2, 0.25) is 0 Å². The van der Waals surface area contributed by atoms with Crippen LogP contribution in [0.5, 0.6) is 0 Å². The van der Waals surface area contributed by atoms with Crippen LogP contribution < -0.4 is 0 Å². The van der Waals surface area contributed by atoms with Gasteiger partial charge in [-0.15, -0.1) is 0 Å². The van der Waals surface area contributed by atoms with Crippen molar-refractivity contribution in [3.63, 3.8) is 0 Å². The summed E-state index contributed by atoms with van der Waals surface area (Å²) >= 11 is 0. The monoisotopic (exact) mass is 280 g/mol. The molecule has 0 aromatic rings. The molecule has 2 nitrogen and oxygen atoms in total. The Morgan fingerprint density at radius 3 is 2.15 bits per heavy atom. The van der Waals surface area contributed by atoms with Crippen molar-refractivity contribution in [2.75, 3.05) is 0 Å². The summed E-state index contributed by atoms with van der Waals surface area (Å²) in [6, 6.07) is 0.201.